The highest BCUT2D eigenvalue weighted by molar-refractivity contribution is 6.36. The maximum Gasteiger partial charge on any atom is 0.251 e. The Morgan fingerprint density at radius 3 is 2.59 bits per heavy atom. The quantitative estimate of drug-likeness (QED) is 0.407. The lowest BCUT2D eigenvalue weighted by molar-refractivity contribution is -0.148. The fourth-order valence-electron chi connectivity index (χ4n) is 5.20. The molecule has 2 aliphatic heterocycles. The molecule has 1 aromatic carbocycles. The lowest BCUT2D eigenvalue weighted by Crippen LogP contribution is -2.65. The van der Waals surface area contributed by atoms with Crippen molar-refractivity contribution in [2.24, 2.45) is 0 Å². The number of imidazole rings is 1. The molecule has 6 rings (SSSR count). The third-order valence-corrected chi connectivity index (χ3v) is 8.27. The molecule has 3 aliphatic rings. The number of rotatable bonds is 8. The van der Waals surface area contributed by atoms with Gasteiger partial charge in [-0.05, 0) is 31.9 Å². The molecule has 1 atom stereocenters. The van der Waals surface area contributed by atoms with Crippen molar-refractivity contribution in [2.45, 2.75) is 38.0 Å². The van der Waals surface area contributed by atoms with Gasteiger partial charge in [0.15, 0.2) is 17.2 Å². The molecular formula is C27H30ClN11O2. The number of anilines is 4. The number of ether oxygens (including phenoxy) is 1. The van der Waals surface area contributed by atoms with Crippen molar-refractivity contribution in [2.75, 3.05) is 61.9 Å². The molecule has 1 saturated carbocycles. The smallest absolute Gasteiger partial charge is 0.251 e. The van der Waals surface area contributed by atoms with Crippen LogP contribution in [0.3, 0.4) is 0 Å². The van der Waals surface area contributed by atoms with Crippen molar-refractivity contribution in [3.8, 4) is 12.1 Å². The molecule has 0 bridgehead atoms. The lowest BCUT2D eigenvalue weighted by Gasteiger charge is -2.49. The average Bonchev–Trinajstić information content (AvgIpc) is 3.68. The minimum absolute atomic E-state index is 0.0259. The lowest BCUT2D eigenvalue weighted by atomic mass is 10.0. The number of carbonyl (C=O) groups is 1. The second-order valence-electron chi connectivity index (χ2n) is 10.6. The number of hydrogen-bond donors (Lipinski definition) is 2. The molecule has 0 unspecified atom stereocenters. The summed E-state index contributed by atoms with van der Waals surface area (Å²) in [5.41, 5.74) is 2.46. The molecule has 1 amide bonds. The Bertz CT molecular complexity index is 1560. The van der Waals surface area contributed by atoms with Gasteiger partial charge in [0, 0.05) is 58.5 Å². The first-order valence-corrected chi connectivity index (χ1v) is 14.0. The van der Waals surface area contributed by atoms with Crippen molar-refractivity contribution < 1.29 is 9.53 Å². The van der Waals surface area contributed by atoms with Crippen LogP contribution in [-0.2, 0) is 9.53 Å². The molecule has 2 saturated heterocycles. The number of nitrogens with zero attached hydrogens (tertiary/aromatic N) is 9. The summed E-state index contributed by atoms with van der Waals surface area (Å²) in [6.07, 6.45) is 3.13. The van der Waals surface area contributed by atoms with E-state index < -0.39 is 6.10 Å². The highest BCUT2D eigenvalue weighted by Crippen LogP contribution is 2.37. The molecule has 3 fully saturated rings. The van der Waals surface area contributed by atoms with Crippen LogP contribution in [0.2, 0.25) is 5.02 Å². The zero-order valence-corrected chi connectivity index (χ0v) is 23.6. The van der Waals surface area contributed by atoms with E-state index in [1.165, 1.54) is 10.7 Å². The van der Waals surface area contributed by atoms with Gasteiger partial charge < -0.3 is 25.2 Å². The Hall–Kier alpha value is -4.17. The van der Waals surface area contributed by atoms with Crippen molar-refractivity contribution in [1.29, 1.82) is 10.5 Å². The average molecular weight is 576 g/mol. The Balaban J connectivity index is 1.19. The van der Waals surface area contributed by atoms with Gasteiger partial charge in [-0.3, -0.25) is 9.69 Å². The first-order chi connectivity index (χ1) is 19.9. The highest BCUT2D eigenvalue weighted by Gasteiger charge is 2.37. The van der Waals surface area contributed by atoms with Gasteiger partial charge in [-0.1, -0.05) is 11.6 Å². The summed E-state index contributed by atoms with van der Waals surface area (Å²) in [5, 5.41) is 30.8. The number of nitriles is 2. The minimum Gasteiger partial charge on any atom is -0.372 e. The normalized spacial score (nSPS) is 18.5. The van der Waals surface area contributed by atoms with E-state index in [0.29, 0.717) is 52.9 Å². The van der Waals surface area contributed by atoms with Gasteiger partial charge in [0.2, 0.25) is 5.95 Å². The van der Waals surface area contributed by atoms with E-state index in [2.05, 4.69) is 47.6 Å². The van der Waals surface area contributed by atoms with Crippen LogP contribution in [0.5, 0.6) is 0 Å². The third kappa shape index (κ3) is 5.32. The van der Waals surface area contributed by atoms with Crippen LogP contribution in [0.15, 0.2) is 18.3 Å². The fraction of sp³-hybridized carbons (Fsp3) is 0.481. The summed E-state index contributed by atoms with van der Waals surface area (Å²) in [5.74, 6) is 0.788. The van der Waals surface area contributed by atoms with Crippen LogP contribution in [-0.4, -0.2) is 99.9 Å². The first-order valence-electron chi connectivity index (χ1n) is 13.6. The van der Waals surface area contributed by atoms with Crippen LogP contribution in [0, 0.1) is 22.7 Å². The van der Waals surface area contributed by atoms with Crippen LogP contribution in [0.4, 0.5) is 23.1 Å². The molecule has 13 nitrogen and oxygen atoms in total. The summed E-state index contributed by atoms with van der Waals surface area (Å²) in [6, 6.07) is 8.45. The van der Waals surface area contributed by atoms with Crippen LogP contribution < -0.4 is 15.5 Å². The van der Waals surface area contributed by atoms with E-state index in [-0.39, 0.29) is 17.5 Å². The van der Waals surface area contributed by atoms with E-state index in [1.54, 1.807) is 26.2 Å². The molecule has 212 valence electrons. The SMILES string of the molecule is CO[C@@H](C)C(=O)N1CC(N2CCN(c3cc(C#N)cc(Nc4nc(NC5CC5)c5ncc(C#N)n5n4)c3Cl)CC2)C1. The third-order valence-electron chi connectivity index (χ3n) is 7.87. The first kappa shape index (κ1) is 27.0. The number of likely N-dealkylation sites (tertiary alicyclic amines) is 1. The summed E-state index contributed by atoms with van der Waals surface area (Å²) in [6.45, 7) is 6.27. The molecule has 0 radical (unpaired) electrons. The van der Waals surface area contributed by atoms with Crippen molar-refractivity contribution in [3.63, 3.8) is 0 Å². The number of benzene rings is 1. The number of piperazine rings is 1. The number of nitrogens with one attached hydrogen (secondary N) is 2. The van der Waals surface area contributed by atoms with Crippen LogP contribution in [0.25, 0.3) is 5.65 Å². The van der Waals surface area contributed by atoms with Gasteiger partial charge in [-0.15, -0.1) is 5.10 Å². The Kier molecular flexibility index (Phi) is 7.26. The Morgan fingerprint density at radius 2 is 1.93 bits per heavy atom. The molecular weight excluding hydrogens is 546 g/mol. The van der Waals surface area contributed by atoms with Crippen molar-refractivity contribution in [1.82, 2.24) is 29.4 Å². The van der Waals surface area contributed by atoms with E-state index in [0.717, 1.165) is 44.7 Å². The van der Waals surface area contributed by atoms with Gasteiger partial charge in [-0.25, -0.2) is 4.98 Å². The van der Waals surface area contributed by atoms with Gasteiger partial charge >= 0.3 is 0 Å². The summed E-state index contributed by atoms with van der Waals surface area (Å²) < 4.78 is 6.61. The Morgan fingerprint density at radius 1 is 1.17 bits per heavy atom. The molecule has 14 heteroatoms. The molecule has 0 spiro atoms. The van der Waals surface area contributed by atoms with E-state index in [1.807, 2.05) is 4.90 Å². The second-order valence-corrected chi connectivity index (χ2v) is 11.0. The number of fused-ring (bicyclic) bond motifs is 1. The number of hydrogen-bond acceptors (Lipinski definition) is 11. The summed E-state index contributed by atoms with van der Waals surface area (Å²) >= 11 is 6.92. The minimum atomic E-state index is -0.424. The van der Waals surface area contributed by atoms with Gasteiger partial charge in [-0.2, -0.15) is 20.0 Å². The second kappa shape index (κ2) is 11.0. The number of methoxy groups -OCH3 is 1. The fourth-order valence-corrected chi connectivity index (χ4v) is 5.47. The van der Waals surface area contributed by atoms with Crippen molar-refractivity contribution in [3.05, 3.63) is 34.6 Å². The number of carbonyl (C=O) groups excluding carboxylic acids is 1. The molecule has 4 heterocycles. The van der Waals surface area contributed by atoms with Crippen LogP contribution >= 0.6 is 11.6 Å². The van der Waals surface area contributed by atoms with E-state index in [4.69, 9.17) is 16.3 Å². The van der Waals surface area contributed by atoms with E-state index in [9.17, 15) is 15.3 Å². The predicted octanol–water partition coefficient (Wildman–Crippen LogP) is 2.21. The number of halogens is 1. The molecule has 1 aliphatic carbocycles. The Labute approximate surface area is 242 Å². The van der Waals surface area contributed by atoms with Crippen LogP contribution in [0.1, 0.15) is 31.0 Å². The molecule has 2 N–H and O–H groups in total. The monoisotopic (exact) mass is 575 g/mol. The zero-order chi connectivity index (χ0) is 28.7. The standard InChI is InChI=1S/C27H30ClN11O2/c1-16(41-2)26(40)38-14-20(15-38)36-5-7-37(8-6-36)22-10-17(11-29)9-21(23(22)28)33-27-34-24(32-18-3-4-18)25-31-13-19(12-30)39(25)35-27/h9-10,13,16,18,20H,3-8,14-15H2,1-2H3,(H2,32,33,34,35)/t16-/m0/s1. The van der Waals surface area contributed by atoms with Gasteiger partial charge in [0.05, 0.1) is 34.2 Å². The van der Waals surface area contributed by atoms with Gasteiger partial charge in [0.1, 0.15) is 12.2 Å². The molecule has 41 heavy (non-hydrogen) atoms. The summed E-state index contributed by atoms with van der Waals surface area (Å²) in [4.78, 5) is 27.7. The molecule has 2 aromatic heterocycles. The highest BCUT2D eigenvalue weighted by atomic mass is 35.5. The predicted molar refractivity (Wildman–Crippen MR) is 152 cm³/mol. The zero-order valence-electron chi connectivity index (χ0n) is 22.8. The maximum atomic E-state index is 12.3. The van der Waals surface area contributed by atoms with E-state index >= 15 is 0 Å². The number of amides is 1. The van der Waals surface area contributed by atoms with Gasteiger partial charge in [0.25, 0.3) is 5.91 Å². The number of aromatic nitrogens is 4. The largest absolute Gasteiger partial charge is 0.372 e. The molecule has 3 aromatic rings. The maximum absolute atomic E-state index is 12.3. The van der Waals surface area contributed by atoms with Crippen molar-refractivity contribution >= 4 is 46.3 Å². The topological polar surface area (TPSA) is 151 Å². The summed E-state index contributed by atoms with van der Waals surface area (Å²) in [7, 11) is 1.55.